The zero-order valence-electron chi connectivity index (χ0n) is 21.5. The first-order valence-electron chi connectivity index (χ1n) is 12.3. The highest BCUT2D eigenvalue weighted by atomic mass is 32.2. The van der Waals surface area contributed by atoms with E-state index in [1.54, 1.807) is 12.1 Å². The lowest BCUT2D eigenvalue weighted by atomic mass is 9.67. The van der Waals surface area contributed by atoms with Crippen molar-refractivity contribution in [2.45, 2.75) is 17.2 Å². The van der Waals surface area contributed by atoms with Gasteiger partial charge in [-0.15, -0.1) is 0 Å². The number of rotatable bonds is 7. The van der Waals surface area contributed by atoms with E-state index in [-0.39, 0.29) is 40.8 Å². The van der Waals surface area contributed by atoms with Gasteiger partial charge >= 0.3 is 16.1 Å². The SMILES string of the molecule is COc1ccc(S(=O)(=O)Oc2c(OC)cc([C@@H]3c4cc5c(cc4C[C@H]4COC(=O)[C@@H]43)OCO5)cc2OC)cc1. The van der Waals surface area contributed by atoms with Crippen molar-refractivity contribution in [3.63, 3.8) is 0 Å². The molecule has 0 bridgehead atoms. The van der Waals surface area contributed by atoms with Gasteiger partial charge in [0.05, 0.1) is 33.9 Å². The van der Waals surface area contributed by atoms with Gasteiger partial charge in [0.25, 0.3) is 0 Å². The number of carbonyl (C=O) groups excluding carboxylic acids is 1. The molecule has 0 amide bonds. The fourth-order valence-corrected chi connectivity index (χ4v) is 6.52. The van der Waals surface area contributed by atoms with Gasteiger partial charge in [0.1, 0.15) is 10.6 Å². The topological polar surface area (TPSA) is 116 Å². The quantitative estimate of drug-likeness (QED) is 0.316. The summed E-state index contributed by atoms with van der Waals surface area (Å²) in [5, 5.41) is 0. The van der Waals surface area contributed by atoms with Crippen LogP contribution in [-0.4, -0.2) is 49.1 Å². The standard InChI is InChI=1S/C28H26O10S/c1-32-18-4-6-19(7-5-18)39(30,31)38-27-23(33-2)10-16(11-24(27)34-3)25-20-12-22-21(36-14-37-22)9-15(20)8-17-13-35-28(29)26(17)25/h4-7,9-12,17,25-26H,8,13-14H2,1-3H3/t17-,25+,26-/m0/s1. The normalized spacial score (nSPS) is 21.0. The summed E-state index contributed by atoms with van der Waals surface area (Å²) < 4.78 is 64.8. The van der Waals surface area contributed by atoms with Crippen molar-refractivity contribution in [2.24, 2.45) is 11.8 Å². The summed E-state index contributed by atoms with van der Waals surface area (Å²) >= 11 is 0. The smallest absolute Gasteiger partial charge is 0.339 e. The molecule has 0 radical (unpaired) electrons. The minimum Gasteiger partial charge on any atom is -0.497 e. The third-order valence-electron chi connectivity index (χ3n) is 7.41. The van der Waals surface area contributed by atoms with Gasteiger partial charge in [-0.2, -0.15) is 8.42 Å². The Hall–Kier alpha value is -4.12. The summed E-state index contributed by atoms with van der Waals surface area (Å²) in [5.41, 5.74) is 2.62. The van der Waals surface area contributed by atoms with Crippen molar-refractivity contribution in [1.29, 1.82) is 0 Å². The van der Waals surface area contributed by atoms with E-state index in [2.05, 4.69) is 0 Å². The summed E-state index contributed by atoms with van der Waals surface area (Å²) in [6.45, 7) is 0.456. The molecule has 10 nitrogen and oxygen atoms in total. The third-order valence-corrected chi connectivity index (χ3v) is 8.65. The average Bonchev–Trinajstić information content (AvgIpc) is 3.56. The molecule has 1 aliphatic carbocycles. The van der Waals surface area contributed by atoms with Crippen LogP contribution in [0.1, 0.15) is 22.6 Å². The van der Waals surface area contributed by atoms with E-state index in [9.17, 15) is 13.2 Å². The Morgan fingerprint density at radius 2 is 1.51 bits per heavy atom. The summed E-state index contributed by atoms with van der Waals surface area (Å²) in [5.74, 6) is 0.772. The number of carbonyl (C=O) groups is 1. The van der Waals surface area contributed by atoms with E-state index >= 15 is 0 Å². The van der Waals surface area contributed by atoms with Crippen LogP contribution in [0.2, 0.25) is 0 Å². The van der Waals surface area contributed by atoms with E-state index in [0.29, 0.717) is 35.8 Å². The largest absolute Gasteiger partial charge is 0.497 e. The molecule has 0 spiro atoms. The van der Waals surface area contributed by atoms with Gasteiger partial charge < -0.3 is 32.6 Å². The summed E-state index contributed by atoms with van der Waals surface area (Å²) in [7, 11) is 0.0652. The van der Waals surface area contributed by atoms with Crippen LogP contribution in [0.5, 0.6) is 34.5 Å². The van der Waals surface area contributed by atoms with Crippen molar-refractivity contribution < 1.29 is 45.8 Å². The lowest BCUT2D eigenvalue weighted by Gasteiger charge is -2.34. The highest BCUT2D eigenvalue weighted by Crippen LogP contribution is 2.52. The van der Waals surface area contributed by atoms with Crippen LogP contribution >= 0.6 is 0 Å². The second-order valence-corrected chi connectivity index (χ2v) is 11.0. The van der Waals surface area contributed by atoms with Crippen LogP contribution in [-0.2, 0) is 26.1 Å². The average molecular weight is 555 g/mol. The molecule has 0 aromatic heterocycles. The monoisotopic (exact) mass is 554 g/mol. The lowest BCUT2D eigenvalue weighted by Crippen LogP contribution is -2.31. The van der Waals surface area contributed by atoms with Crippen molar-refractivity contribution in [3.05, 3.63) is 65.2 Å². The van der Waals surface area contributed by atoms with Crippen molar-refractivity contribution >= 4 is 16.1 Å². The predicted molar refractivity (Wildman–Crippen MR) is 136 cm³/mol. The molecule has 39 heavy (non-hydrogen) atoms. The number of hydrogen-bond donors (Lipinski definition) is 0. The Morgan fingerprint density at radius 3 is 2.15 bits per heavy atom. The molecule has 3 atom stereocenters. The Bertz CT molecular complexity index is 1520. The van der Waals surface area contributed by atoms with Gasteiger partial charge in [-0.1, -0.05) is 0 Å². The first-order valence-corrected chi connectivity index (χ1v) is 13.7. The molecule has 2 aliphatic heterocycles. The molecule has 3 aromatic carbocycles. The molecule has 0 N–H and O–H groups in total. The van der Waals surface area contributed by atoms with Crippen LogP contribution in [0, 0.1) is 11.8 Å². The summed E-state index contributed by atoms with van der Waals surface area (Å²) in [4.78, 5) is 12.9. The molecular formula is C28H26O10S. The molecular weight excluding hydrogens is 528 g/mol. The first kappa shape index (κ1) is 25.2. The van der Waals surface area contributed by atoms with Crippen molar-refractivity contribution in [2.75, 3.05) is 34.7 Å². The Balaban J connectivity index is 1.44. The highest BCUT2D eigenvalue weighted by molar-refractivity contribution is 7.87. The van der Waals surface area contributed by atoms with E-state index in [1.807, 2.05) is 12.1 Å². The zero-order chi connectivity index (χ0) is 27.3. The van der Waals surface area contributed by atoms with Gasteiger partial charge in [0.2, 0.25) is 12.5 Å². The van der Waals surface area contributed by atoms with Crippen LogP contribution in [0.15, 0.2) is 53.4 Å². The van der Waals surface area contributed by atoms with Crippen molar-refractivity contribution in [1.82, 2.24) is 0 Å². The molecule has 204 valence electrons. The van der Waals surface area contributed by atoms with Crippen LogP contribution in [0.3, 0.4) is 0 Å². The number of ether oxygens (including phenoxy) is 6. The number of fused-ring (bicyclic) bond motifs is 3. The maximum absolute atomic E-state index is 13.1. The van der Waals surface area contributed by atoms with Crippen LogP contribution < -0.4 is 27.9 Å². The zero-order valence-corrected chi connectivity index (χ0v) is 22.3. The molecule has 3 aliphatic rings. The molecule has 1 saturated heterocycles. The summed E-state index contributed by atoms with van der Waals surface area (Å²) in [6, 6.07) is 13.0. The molecule has 11 heteroatoms. The van der Waals surface area contributed by atoms with E-state index in [4.69, 9.17) is 32.6 Å². The molecule has 3 aromatic rings. The minimum absolute atomic E-state index is 0.0289. The van der Waals surface area contributed by atoms with Gasteiger partial charge in [-0.3, -0.25) is 4.79 Å². The molecule has 1 fully saturated rings. The van der Waals surface area contributed by atoms with Gasteiger partial charge in [-0.25, -0.2) is 0 Å². The Morgan fingerprint density at radius 1 is 0.846 bits per heavy atom. The molecule has 0 unspecified atom stereocenters. The van der Waals surface area contributed by atoms with Gasteiger partial charge in [0.15, 0.2) is 23.0 Å². The lowest BCUT2D eigenvalue weighted by molar-refractivity contribution is -0.141. The van der Waals surface area contributed by atoms with Crippen molar-refractivity contribution in [3.8, 4) is 34.5 Å². The minimum atomic E-state index is -4.24. The highest BCUT2D eigenvalue weighted by Gasteiger charge is 2.48. The fourth-order valence-electron chi connectivity index (χ4n) is 5.57. The number of hydrogen-bond acceptors (Lipinski definition) is 10. The predicted octanol–water partition coefficient (Wildman–Crippen LogP) is 3.69. The molecule has 0 saturated carbocycles. The number of cyclic esters (lactones) is 1. The maximum Gasteiger partial charge on any atom is 0.339 e. The van der Waals surface area contributed by atoms with Crippen LogP contribution in [0.25, 0.3) is 0 Å². The molecule has 2 heterocycles. The van der Waals surface area contributed by atoms with Gasteiger partial charge in [-0.05, 0) is 71.6 Å². The second kappa shape index (κ2) is 9.57. The molecule has 6 rings (SSSR count). The first-order chi connectivity index (χ1) is 18.8. The van der Waals surface area contributed by atoms with E-state index < -0.39 is 22.0 Å². The Kier molecular flexibility index (Phi) is 6.17. The van der Waals surface area contributed by atoms with E-state index in [1.165, 1.54) is 45.6 Å². The van der Waals surface area contributed by atoms with E-state index in [0.717, 1.165) is 11.1 Å². The number of methoxy groups -OCH3 is 3. The Labute approximate surface area is 225 Å². The maximum atomic E-state index is 13.1. The number of esters is 1. The second-order valence-electron chi connectivity index (χ2n) is 9.47. The summed E-state index contributed by atoms with van der Waals surface area (Å²) in [6.07, 6.45) is 0.661. The fraction of sp³-hybridized carbons (Fsp3) is 0.321. The van der Waals surface area contributed by atoms with Crippen LogP contribution in [0.4, 0.5) is 0 Å². The third kappa shape index (κ3) is 4.26. The number of benzene rings is 3. The van der Waals surface area contributed by atoms with Gasteiger partial charge in [0, 0.05) is 11.8 Å².